The van der Waals surface area contributed by atoms with Crippen molar-refractivity contribution in [2.45, 2.75) is 0 Å². The molecule has 11 rings (SSSR count). The lowest BCUT2D eigenvalue weighted by Gasteiger charge is -2.29. The van der Waals surface area contributed by atoms with Gasteiger partial charge in [-0.25, -0.2) is 0 Å². The van der Waals surface area contributed by atoms with Crippen LogP contribution in [0.25, 0.3) is 86.3 Å². The molecule has 0 bridgehead atoms. The van der Waals surface area contributed by atoms with Crippen LogP contribution in [0, 0.1) is 0 Å². The molecule has 2 nitrogen and oxygen atoms in total. The Hall–Kier alpha value is -6.94. The molecule has 0 aliphatic rings. The second kappa shape index (κ2) is 12.9. The smallest absolute Gasteiger partial charge is 0.135 e. The fraction of sp³-hybridized carbons (Fsp3) is 0. The molecule has 0 unspecified atom stereocenters. The Labute approximate surface area is 322 Å². The monoisotopic (exact) mass is 719 g/mol. The molecule has 2 aromatic heterocycles. The van der Waals surface area contributed by atoms with Crippen LogP contribution in [-0.2, 0) is 0 Å². The molecule has 0 radical (unpaired) electrons. The third-order valence-corrected chi connectivity index (χ3v) is 12.0. The van der Waals surface area contributed by atoms with E-state index in [1.54, 1.807) is 0 Å². The van der Waals surface area contributed by atoms with Gasteiger partial charge in [0.15, 0.2) is 0 Å². The Kier molecular flexibility index (Phi) is 7.39. The third-order valence-electron chi connectivity index (χ3n) is 10.9. The van der Waals surface area contributed by atoms with Gasteiger partial charge in [-0.15, -0.1) is 11.3 Å². The Bertz CT molecular complexity index is 3220. The van der Waals surface area contributed by atoms with Crippen LogP contribution in [0.3, 0.4) is 0 Å². The van der Waals surface area contributed by atoms with Crippen LogP contribution in [0.15, 0.2) is 205 Å². The summed E-state index contributed by atoms with van der Waals surface area (Å²) >= 11 is 1.86. The van der Waals surface area contributed by atoms with Gasteiger partial charge in [-0.1, -0.05) is 140 Å². The van der Waals surface area contributed by atoms with Crippen molar-refractivity contribution in [2.24, 2.45) is 0 Å². The number of benzene rings is 9. The number of furan rings is 1. The molecule has 9 aromatic carbocycles. The predicted octanol–water partition coefficient (Wildman–Crippen LogP) is 15.6. The molecular formula is C52H33NOS. The maximum Gasteiger partial charge on any atom is 0.135 e. The lowest BCUT2D eigenvalue weighted by Crippen LogP contribution is -2.11. The highest BCUT2D eigenvalue weighted by molar-refractivity contribution is 7.25. The van der Waals surface area contributed by atoms with E-state index in [9.17, 15) is 0 Å². The van der Waals surface area contributed by atoms with Crippen molar-refractivity contribution in [2.75, 3.05) is 4.90 Å². The van der Waals surface area contributed by atoms with Gasteiger partial charge < -0.3 is 9.32 Å². The molecule has 0 saturated carbocycles. The van der Waals surface area contributed by atoms with Crippen molar-refractivity contribution in [3.63, 3.8) is 0 Å². The van der Waals surface area contributed by atoms with Crippen LogP contribution in [-0.4, -0.2) is 0 Å². The molecule has 0 amide bonds. The van der Waals surface area contributed by atoms with Gasteiger partial charge in [-0.05, 0) is 99.3 Å². The van der Waals surface area contributed by atoms with Crippen molar-refractivity contribution < 1.29 is 4.42 Å². The van der Waals surface area contributed by atoms with E-state index in [0.29, 0.717) is 0 Å². The van der Waals surface area contributed by atoms with Gasteiger partial charge in [-0.3, -0.25) is 0 Å². The van der Waals surface area contributed by atoms with Gasteiger partial charge in [0, 0.05) is 47.9 Å². The summed E-state index contributed by atoms with van der Waals surface area (Å²) in [7, 11) is 0. The molecule has 55 heavy (non-hydrogen) atoms. The SMILES string of the molecule is c1cc(-c2cccc3sc4ccccc4c23)cc(N(c2ccc(-c3ccc4oc5ccccc5c4c3)cc2)c2ccccc2-c2cccc3ccccc23)c1. The summed E-state index contributed by atoms with van der Waals surface area (Å²) in [6.45, 7) is 0. The van der Waals surface area contributed by atoms with Crippen LogP contribution in [0.4, 0.5) is 17.1 Å². The quantitative estimate of drug-likeness (QED) is 0.170. The average Bonchev–Trinajstić information content (AvgIpc) is 3.82. The van der Waals surface area contributed by atoms with Gasteiger partial charge in [-0.2, -0.15) is 0 Å². The van der Waals surface area contributed by atoms with Gasteiger partial charge in [0.25, 0.3) is 0 Å². The highest BCUT2D eigenvalue weighted by Gasteiger charge is 2.20. The Morgan fingerprint density at radius 1 is 0.364 bits per heavy atom. The maximum absolute atomic E-state index is 6.14. The average molecular weight is 720 g/mol. The van der Waals surface area contributed by atoms with Gasteiger partial charge >= 0.3 is 0 Å². The van der Waals surface area contributed by atoms with Crippen molar-refractivity contribution in [3.05, 3.63) is 200 Å². The van der Waals surface area contributed by atoms with E-state index in [-0.39, 0.29) is 0 Å². The van der Waals surface area contributed by atoms with E-state index in [4.69, 9.17) is 4.42 Å². The van der Waals surface area contributed by atoms with Crippen LogP contribution in [0.1, 0.15) is 0 Å². The Morgan fingerprint density at radius 3 is 1.95 bits per heavy atom. The number of anilines is 3. The second-order valence-corrected chi connectivity index (χ2v) is 15.1. The first kappa shape index (κ1) is 31.6. The number of hydrogen-bond donors (Lipinski definition) is 0. The topological polar surface area (TPSA) is 16.4 Å². The molecule has 0 aliphatic carbocycles. The largest absolute Gasteiger partial charge is 0.456 e. The van der Waals surface area contributed by atoms with E-state index >= 15 is 0 Å². The number of rotatable bonds is 6. The summed E-state index contributed by atoms with van der Waals surface area (Å²) in [5.74, 6) is 0. The Morgan fingerprint density at radius 2 is 1.02 bits per heavy atom. The van der Waals surface area contributed by atoms with E-state index < -0.39 is 0 Å². The zero-order valence-corrected chi connectivity index (χ0v) is 30.6. The molecule has 258 valence electrons. The van der Waals surface area contributed by atoms with Crippen LogP contribution >= 0.6 is 11.3 Å². The lowest BCUT2D eigenvalue weighted by molar-refractivity contribution is 0.669. The molecule has 2 heterocycles. The number of fused-ring (bicyclic) bond motifs is 7. The normalized spacial score (nSPS) is 11.6. The number of hydrogen-bond acceptors (Lipinski definition) is 3. The summed E-state index contributed by atoms with van der Waals surface area (Å²) in [5.41, 5.74) is 12.3. The van der Waals surface area contributed by atoms with Crippen molar-refractivity contribution >= 4 is 81.3 Å². The van der Waals surface area contributed by atoms with Crippen LogP contribution < -0.4 is 4.90 Å². The van der Waals surface area contributed by atoms with Crippen molar-refractivity contribution in [3.8, 4) is 33.4 Å². The standard InChI is InChI=1S/C52H33NOS/c1-2-16-40-35(12-1)13-10-21-42(40)43-17-3-6-22-47(43)53(38-29-26-34(27-30-38)36-28-31-49-46(33-36)44-18-4-7-23-48(44)54-49)39-15-9-14-37(32-39)41-20-11-25-51-52(41)45-19-5-8-24-50(45)55-51/h1-33H. The third kappa shape index (κ3) is 5.32. The van der Waals surface area contributed by atoms with E-state index in [0.717, 1.165) is 50.1 Å². The first-order chi connectivity index (χ1) is 27.3. The van der Waals surface area contributed by atoms with Crippen molar-refractivity contribution in [1.82, 2.24) is 0 Å². The molecule has 0 fully saturated rings. The molecule has 0 atom stereocenters. The fourth-order valence-corrected chi connectivity index (χ4v) is 9.45. The lowest BCUT2D eigenvalue weighted by atomic mass is 9.95. The minimum Gasteiger partial charge on any atom is -0.456 e. The fourth-order valence-electron chi connectivity index (χ4n) is 8.32. The molecule has 3 heteroatoms. The summed E-state index contributed by atoms with van der Waals surface area (Å²) in [6, 6.07) is 72.3. The minimum absolute atomic E-state index is 0.906. The van der Waals surface area contributed by atoms with Crippen molar-refractivity contribution in [1.29, 1.82) is 0 Å². The minimum atomic E-state index is 0.906. The van der Waals surface area contributed by atoms with Gasteiger partial charge in [0.05, 0.1) is 5.69 Å². The molecule has 0 spiro atoms. The molecular weight excluding hydrogens is 687 g/mol. The highest BCUT2D eigenvalue weighted by atomic mass is 32.1. The van der Waals surface area contributed by atoms with Crippen LogP contribution in [0.5, 0.6) is 0 Å². The zero-order chi connectivity index (χ0) is 36.3. The van der Waals surface area contributed by atoms with Crippen LogP contribution in [0.2, 0.25) is 0 Å². The first-order valence-electron chi connectivity index (χ1n) is 18.7. The summed E-state index contributed by atoms with van der Waals surface area (Å²) in [4.78, 5) is 2.42. The first-order valence-corrected chi connectivity index (χ1v) is 19.5. The molecule has 0 N–H and O–H groups in total. The van der Waals surface area contributed by atoms with E-state index in [1.807, 2.05) is 23.5 Å². The number of para-hydroxylation sites is 2. The number of thiophene rings is 1. The maximum atomic E-state index is 6.14. The predicted molar refractivity (Wildman–Crippen MR) is 235 cm³/mol. The summed E-state index contributed by atoms with van der Waals surface area (Å²) in [5, 5.41) is 7.35. The molecule has 0 saturated heterocycles. The number of nitrogens with zero attached hydrogens (tertiary/aromatic N) is 1. The van der Waals surface area contributed by atoms with E-state index in [2.05, 4.69) is 193 Å². The zero-order valence-electron chi connectivity index (χ0n) is 29.8. The summed E-state index contributed by atoms with van der Waals surface area (Å²) in [6.07, 6.45) is 0. The summed E-state index contributed by atoms with van der Waals surface area (Å²) < 4.78 is 8.76. The van der Waals surface area contributed by atoms with Gasteiger partial charge in [0.2, 0.25) is 0 Å². The van der Waals surface area contributed by atoms with Gasteiger partial charge in [0.1, 0.15) is 11.2 Å². The highest BCUT2D eigenvalue weighted by Crippen LogP contribution is 2.45. The molecule has 0 aliphatic heterocycles. The molecule has 11 aromatic rings. The Balaban J connectivity index is 1.09. The second-order valence-electron chi connectivity index (χ2n) is 14.1. The van der Waals surface area contributed by atoms with E-state index in [1.165, 1.54) is 53.2 Å².